The van der Waals surface area contributed by atoms with Crippen LogP contribution in [0.2, 0.25) is 0 Å². The number of hydrogen-bond acceptors (Lipinski definition) is 6. The Labute approximate surface area is 174 Å². The van der Waals surface area contributed by atoms with Crippen molar-refractivity contribution >= 4 is 11.7 Å². The number of carbonyl (C=O) groups excluding carboxylic acids is 1. The van der Waals surface area contributed by atoms with Crippen molar-refractivity contribution in [1.82, 2.24) is 14.8 Å². The van der Waals surface area contributed by atoms with Crippen molar-refractivity contribution in [2.24, 2.45) is 0 Å². The molecule has 1 aliphatic carbocycles. The molecule has 1 aliphatic heterocycles. The summed E-state index contributed by atoms with van der Waals surface area (Å²) >= 11 is 0. The normalized spacial score (nSPS) is 17.8. The summed E-state index contributed by atoms with van der Waals surface area (Å²) in [5.41, 5.74) is 3.54. The fraction of sp³-hybridized carbons (Fsp3) is 0.261. The number of benzene rings is 2. The van der Waals surface area contributed by atoms with Gasteiger partial charge in [-0.3, -0.25) is 4.79 Å². The number of nitrogens with one attached hydrogen (secondary N) is 1. The first-order chi connectivity index (χ1) is 14.7. The number of allylic oxidation sites excluding steroid dienone is 2. The zero-order valence-corrected chi connectivity index (χ0v) is 16.9. The molecule has 1 atom stereocenters. The lowest BCUT2D eigenvalue weighted by molar-refractivity contribution is -0.116. The highest BCUT2D eigenvalue weighted by molar-refractivity contribution is 5.99. The number of fused-ring (bicyclic) bond motifs is 1. The lowest BCUT2D eigenvalue weighted by Crippen LogP contribution is -2.31. The van der Waals surface area contributed by atoms with Crippen LogP contribution in [0.4, 0.5) is 5.95 Å². The molecule has 0 unspecified atom stereocenters. The highest BCUT2D eigenvalue weighted by Crippen LogP contribution is 2.41. The molecule has 7 nitrogen and oxygen atoms in total. The summed E-state index contributed by atoms with van der Waals surface area (Å²) in [5.74, 6) is 2.68. The van der Waals surface area contributed by atoms with Gasteiger partial charge in [-0.15, -0.1) is 5.10 Å². The lowest BCUT2D eigenvalue weighted by Gasteiger charge is -2.32. The first-order valence-electron chi connectivity index (χ1n) is 9.96. The molecule has 0 fully saturated rings. The number of ketones is 1. The predicted octanol–water partition coefficient (Wildman–Crippen LogP) is 3.98. The summed E-state index contributed by atoms with van der Waals surface area (Å²) in [6.07, 6.45) is 2.24. The van der Waals surface area contributed by atoms with E-state index in [0.29, 0.717) is 29.7 Å². The predicted molar refractivity (Wildman–Crippen MR) is 113 cm³/mol. The molecule has 0 saturated heterocycles. The molecule has 0 bridgehead atoms. The van der Waals surface area contributed by atoms with E-state index >= 15 is 0 Å². The van der Waals surface area contributed by atoms with E-state index in [1.54, 1.807) is 14.2 Å². The number of anilines is 1. The van der Waals surface area contributed by atoms with Crippen LogP contribution in [0.15, 0.2) is 59.8 Å². The minimum atomic E-state index is -0.293. The quantitative estimate of drug-likeness (QED) is 0.711. The summed E-state index contributed by atoms with van der Waals surface area (Å²) in [6.45, 7) is 0. The Hall–Kier alpha value is -3.61. The van der Waals surface area contributed by atoms with Crippen LogP contribution in [0.3, 0.4) is 0 Å². The van der Waals surface area contributed by atoms with Crippen molar-refractivity contribution in [3.05, 3.63) is 65.4 Å². The number of rotatable bonds is 4. The maximum atomic E-state index is 12.9. The van der Waals surface area contributed by atoms with Gasteiger partial charge >= 0.3 is 0 Å². The Kier molecular flexibility index (Phi) is 4.50. The average Bonchev–Trinajstić information content (AvgIpc) is 3.22. The van der Waals surface area contributed by atoms with Crippen LogP contribution in [-0.2, 0) is 4.79 Å². The fourth-order valence-corrected chi connectivity index (χ4v) is 4.16. The first kappa shape index (κ1) is 18.4. The zero-order valence-electron chi connectivity index (χ0n) is 16.9. The SMILES string of the molecule is COc1cc(OC)cc(-c2nc3n(n2)[C@H](c2ccccc2)C2=C(CCCC2=O)N3)c1. The molecule has 2 aromatic carbocycles. The van der Waals surface area contributed by atoms with E-state index in [2.05, 4.69) is 5.32 Å². The van der Waals surface area contributed by atoms with Gasteiger partial charge < -0.3 is 14.8 Å². The van der Waals surface area contributed by atoms with Gasteiger partial charge in [-0.1, -0.05) is 30.3 Å². The molecule has 1 N–H and O–H groups in total. The van der Waals surface area contributed by atoms with Crippen LogP contribution in [0.25, 0.3) is 11.4 Å². The molecule has 2 aliphatic rings. The molecule has 0 radical (unpaired) electrons. The van der Waals surface area contributed by atoms with E-state index in [-0.39, 0.29) is 11.8 Å². The molecule has 0 spiro atoms. The molecular weight excluding hydrogens is 380 g/mol. The smallest absolute Gasteiger partial charge is 0.226 e. The summed E-state index contributed by atoms with van der Waals surface area (Å²) in [7, 11) is 3.22. The van der Waals surface area contributed by atoms with Crippen molar-refractivity contribution in [2.75, 3.05) is 19.5 Å². The van der Waals surface area contributed by atoms with E-state index in [1.807, 2.05) is 53.2 Å². The second kappa shape index (κ2) is 7.33. The van der Waals surface area contributed by atoms with Crippen LogP contribution in [0, 0.1) is 0 Å². The lowest BCUT2D eigenvalue weighted by atomic mass is 9.85. The number of aromatic nitrogens is 3. The fourth-order valence-electron chi connectivity index (χ4n) is 4.16. The molecular formula is C23H22N4O3. The number of hydrogen-bond donors (Lipinski definition) is 1. The Balaban J connectivity index is 1.66. The summed E-state index contributed by atoms with van der Waals surface area (Å²) in [5, 5.41) is 8.16. The standard InChI is InChI=1S/C23H22N4O3/c1-29-16-11-15(12-17(13-16)30-2)22-25-23-24-18-9-6-10-19(28)20(18)21(27(23)26-22)14-7-4-3-5-8-14/h3-5,7-8,11-13,21H,6,9-10H2,1-2H3,(H,24,25,26)/t21-/m1/s1. The highest BCUT2D eigenvalue weighted by atomic mass is 16.5. The van der Waals surface area contributed by atoms with Crippen molar-refractivity contribution in [3.8, 4) is 22.9 Å². The van der Waals surface area contributed by atoms with Crippen LogP contribution in [-0.4, -0.2) is 34.8 Å². The molecule has 5 rings (SSSR count). The van der Waals surface area contributed by atoms with Gasteiger partial charge in [0.2, 0.25) is 5.95 Å². The van der Waals surface area contributed by atoms with Crippen LogP contribution in [0.5, 0.6) is 11.5 Å². The van der Waals surface area contributed by atoms with Gasteiger partial charge in [-0.25, -0.2) is 4.68 Å². The first-order valence-corrected chi connectivity index (χ1v) is 9.96. The third kappa shape index (κ3) is 3.03. The van der Waals surface area contributed by atoms with Gasteiger partial charge in [0, 0.05) is 29.3 Å². The maximum Gasteiger partial charge on any atom is 0.226 e. The van der Waals surface area contributed by atoms with Crippen LogP contribution < -0.4 is 14.8 Å². The average molecular weight is 402 g/mol. The summed E-state index contributed by atoms with van der Waals surface area (Å²) in [6, 6.07) is 15.3. The highest BCUT2D eigenvalue weighted by Gasteiger charge is 2.36. The molecule has 0 saturated carbocycles. The molecule has 30 heavy (non-hydrogen) atoms. The summed E-state index contributed by atoms with van der Waals surface area (Å²) in [4.78, 5) is 17.6. The van der Waals surface area contributed by atoms with Gasteiger partial charge in [-0.2, -0.15) is 4.98 Å². The van der Waals surface area contributed by atoms with Crippen molar-refractivity contribution in [2.45, 2.75) is 25.3 Å². The van der Waals surface area contributed by atoms with Crippen molar-refractivity contribution in [3.63, 3.8) is 0 Å². The van der Waals surface area contributed by atoms with Gasteiger partial charge in [0.05, 0.1) is 14.2 Å². The Morgan fingerprint density at radius 3 is 2.47 bits per heavy atom. The second-order valence-electron chi connectivity index (χ2n) is 7.41. The molecule has 7 heteroatoms. The third-order valence-electron chi connectivity index (χ3n) is 5.59. The van der Waals surface area contributed by atoms with E-state index in [0.717, 1.165) is 35.2 Å². The van der Waals surface area contributed by atoms with E-state index in [1.165, 1.54) is 0 Å². The van der Waals surface area contributed by atoms with Gasteiger partial charge in [0.25, 0.3) is 0 Å². The number of carbonyl (C=O) groups is 1. The topological polar surface area (TPSA) is 78.3 Å². The van der Waals surface area contributed by atoms with Gasteiger partial charge in [0.15, 0.2) is 11.6 Å². The second-order valence-corrected chi connectivity index (χ2v) is 7.41. The maximum absolute atomic E-state index is 12.9. The van der Waals surface area contributed by atoms with E-state index < -0.39 is 0 Å². The Morgan fingerprint density at radius 1 is 1.03 bits per heavy atom. The monoisotopic (exact) mass is 402 g/mol. The van der Waals surface area contributed by atoms with Crippen LogP contribution >= 0.6 is 0 Å². The van der Waals surface area contributed by atoms with Crippen molar-refractivity contribution < 1.29 is 14.3 Å². The molecule has 0 amide bonds. The molecule has 3 aromatic rings. The molecule has 1 aromatic heterocycles. The molecule has 2 heterocycles. The minimum absolute atomic E-state index is 0.170. The third-order valence-corrected chi connectivity index (χ3v) is 5.59. The largest absolute Gasteiger partial charge is 0.497 e. The minimum Gasteiger partial charge on any atom is -0.497 e. The van der Waals surface area contributed by atoms with E-state index in [4.69, 9.17) is 19.6 Å². The zero-order chi connectivity index (χ0) is 20.7. The Bertz CT molecular complexity index is 1130. The number of Topliss-reactive ketones (excluding diaryl/α,β-unsaturated/α-hetero) is 1. The van der Waals surface area contributed by atoms with Gasteiger partial charge in [0.1, 0.15) is 17.5 Å². The van der Waals surface area contributed by atoms with E-state index in [9.17, 15) is 4.79 Å². The van der Waals surface area contributed by atoms with Crippen LogP contribution in [0.1, 0.15) is 30.9 Å². The number of nitrogens with zero attached hydrogens (tertiary/aromatic N) is 3. The van der Waals surface area contributed by atoms with Gasteiger partial charge in [-0.05, 0) is 30.5 Å². The molecule has 152 valence electrons. The number of methoxy groups -OCH3 is 2. The number of ether oxygens (including phenoxy) is 2. The van der Waals surface area contributed by atoms with Crippen molar-refractivity contribution in [1.29, 1.82) is 0 Å². The Morgan fingerprint density at radius 2 is 1.77 bits per heavy atom. The summed E-state index contributed by atoms with van der Waals surface area (Å²) < 4.78 is 12.6.